The number of rotatable bonds is 0. The fourth-order valence-electron chi connectivity index (χ4n) is 0.953. The van der Waals surface area contributed by atoms with E-state index in [4.69, 9.17) is 5.73 Å². The second-order valence-corrected chi connectivity index (χ2v) is 2.62. The van der Waals surface area contributed by atoms with Crippen molar-refractivity contribution in [3.63, 3.8) is 0 Å². The standard InChI is InChI=1S/C8H13N/c1-7-3-2-4-8(9)6-5-7/h4-7H,2-3,9H2,1H3. The number of hydrogen-bond donors (Lipinski definition) is 1. The molecule has 50 valence electrons. The maximum Gasteiger partial charge on any atom is 0.0270 e. The molecule has 0 saturated carbocycles. The third-order valence-electron chi connectivity index (χ3n) is 1.62. The summed E-state index contributed by atoms with van der Waals surface area (Å²) in [6.45, 7) is 2.21. The van der Waals surface area contributed by atoms with E-state index in [0.717, 1.165) is 12.1 Å². The van der Waals surface area contributed by atoms with Crippen molar-refractivity contribution in [1.82, 2.24) is 0 Å². The Hall–Kier alpha value is -0.720. The predicted octanol–water partition coefficient (Wildman–Crippen LogP) is 1.82. The van der Waals surface area contributed by atoms with Crippen molar-refractivity contribution < 1.29 is 0 Å². The molecule has 0 spiro atoms. The summed E-state index contributed by atoms with van der Waals surface area (Å²) >= 11 is 0. The first-order valence-electron chi connectivity index (χ1n) is 3.43. The molecule has 0 aromatic rings. The molecule has 0 aromatic carbocycles. The summed E-state index contributed by atoms with van der Waals surface area (Å²) in [6, 6.07) is 0. The Morgan fingerprint density at radius 3 is 3.22 bits per heavy atom. The Morgan fingerprint density at radius 1 is 1.67 bits per heavy atom. The first-order valence-corrected chi connectivity index (χ1v) is 3.43. The topological polar surface area (TPSA) is 26.0 Å². The molecule has 9 heavy (non-hydrogen) atoms. The summed E-state index contributed by atoms with van der Waals surface area (Å²) in [5, 5.41) is 0. The largest absolute Gasteiger partial charge is 0.399 e. The molecule has 1 aliphatic rings. The zero-order valence-electron chi connectivity index (χ0n) is 5.80. The third kappa shape index (κ3) is 1.92. The second kappa shape index (κ2) is 2.72. The quantitative estimate of drug-likeness (QED) is 0.522. The minimum absolute atomic E-state index is 0.697. The summed E-state index contributed by atoms with van der Waals surface area (Å²) in [7, 11) is 0. The van der Waals surface area contributed by atoms with Gasteiger partial charge in [-0.05, 0) is 24.8 Å². The first-order chi connectivity index (χ1) is 4.29. The van der Waals surface area contributed by atoms with E-state index in [1.807, 2.05) is 6.08 Å². The van der Waals surface area contributed by atoms with Gasteiger partial charge in [0, 0.05) is 5.70 Å². The van der Waals surface area contributed by atoms with Gasteiger partial charge in [-0.15, -0.1) is 0 Å². The van der Waals surface area contributed by atoms with Gasteiger partial charge in [-0.25, -0.2) is 0 Å². The highest BCUT2D eigenvalue weighted by Gasteiger charge is 1.98. The van der Waals surface area contributed by atoms with Gasteiger partial charge in [0.1, 0.15) is 0 Å². The average molecular weight is 123 g/mol. The molecular weight excluding hydrogens is 110 g/mol. The zero-order valence-corrected chi connectivity index (χ0v) is 5.80. The summed E-state index contributed by atoms with van der Waals surface area (Å²) in [4.78, 5) is 0. The minimum atomic E-state index is 0.697. The normalized spacial score (nSPS) is 27.2. The lowest BCUT2D eigenvalue weighted by Gasteiger charge is -1.97. The van der Waals surface area contributed by atoms with Crippen LogP contribution in [0, 0.1) is 5.92 Å². The third-order valence-corrected chi connectivity index (χ3v) is 1.62. The highest BCUT2D eigenvalue weighted by Crippen LogP contribution is 2.12. The molecule has 1 heteroatoms. The van der Waals surface area contributed by atoms with E-state index in [2.05, 4.69) is 19.1 Å². The Balaban J connectivity index is 2.58. The molecule has 0 aromatic heterocycles. The molecule has 2 N–H and O–H groups in total. The molecule has 0 radical (unpaired) electrons. The van der Waals surface area contributed by atoms with Crippen LogP contribution in [0.5, 0.6) is 0 Å². The van der Waals surface area contributed by atoms with Gasteiger partial charge < -0.3 is 5.73 Å². The first kappa shape index (κ1) is 6.40. The second-order valence-electron chi connectivity index (χ2n) is 2.62. The summed E-state index contributed by atoms with van der Waals surface area (Å²) in [6.07, 6.45) is 8.60. The molecule has 0 aliphatic heterocycles. The van der Waals surface area contributed by atoms with Crippen LogP contribution in [0.4, 0.5) is 0 Å². The average Bonchev–Trinajstić information content (AvgIpc) is 1.97. The smallest absolute Gasteiger partial charge is 0.0270 e. The fraction of sp³-hybridized carbons (Fsp3) is 0.500. The van der Waals surface area contributed by atoms with Crippen molar-refractivity contribution in [2.24, 2.45) is 11.7 Å². The van der Waals surface area contributed by atoms with Crippen LogP contribution < -0.4 is 5.73 Å². The lowest BCUT2D eigenvalue weighted by molar-refractivity contribution is 0.662. The molecule has 1 aliphatic carbocycles. The lowest BCUT2D eigenvalue weighted by atomic mass is 10.1. The van der Waals surface area contributed by atoms with E-state index in [-0.39, 0.29) is 0 Å². The summed E-state index contributed by atoms with van der Waals surface area (Å²) in [5.74, 6) is 0.697. The van der Waals surface area contributed by atoms with E-state index in [1.54, 1.807) is 0 Å². The van der Waals surface area contributed by atoms with Gasteiger partial charge in [-0.2, -0.15) is 0 Å². The molecule has 0 bridgehead atoms. The van der Waals surface area contributed by atoms with Gasteiger partial charge in [0.05, 0.1) is 0 Å². The van der Waals surface area contributed by atoms with Crippen molar-refractivity contribution in [3.8, 4) is 0 Å². The fourth-order valence-corrected chi connectivity index (χ4v) is 0.953. The van der Waals surface area contributed by atoms with Crippen LogP contribution in [0.2, 0.25) is 0 Å². The highest BCUT2D eigenvalue weighted by atomic mass is 14.6. The maximum absolute atomic E-state index is 5.57. The molecule has 0 fully saturated rings. The predicted molar refractivity (Wildman–Crippen MR) is 39.8 cm³/mol. The van der Waals surface area contributed by atoms with E-state index >= 15 is 0 Å². The molecule has 1 unspecified atom stereocenters. The SMILES string of the molecule is CC1C=CC(N)=CCC1. The Bertz CT molecular complexity index is 145. The van der Waals surface area contributed by atoms with Crippen molar-refractivity contribution in [2.75, 3.05) is 0 Å². The lowest BCUT2D eigenvalue weighted by Crippen LogP contribution is -1.90. The number of allylic oxidation sites excluding steroid dienone is 3. The monoisotopic (exact) mass is 123 g/mol. The van der Waals surface area contributed by atoms with Gasteiger partial charge in [0.15, 0.2) is 0 Å². The van der Waals surface area contributed by atoms with E-state index < -0.39 is 0 Å². The van der Waals surface area contributed by atoms with Crippen LogP contribution >= 0.6 is 0 Å². The van der Waals surface area contributed by atoms with Crippen molar-refractivity contribution in [1.29, 1.82) is 0 Å². The van der Waals surface area contributed by atoms with Crippen molar-refractivity contribution in [3.05, 3.63) is 23.9 Å². The van der Waals surface area contributed by atoms with Crippen molar-refractivity contribution >= 4 is 0 Å². The van der Waals surface area contributed by atoms with Crippen LogP contribution in [0.25, 0.3) is 0 Å². The van der Waals surface area contributed by atoms with Crippen LogP contribution in [-0.4, -0.2) is 0 Å². The van der Waals surface area contributed by atoms with Crippen LogP contribution in [0.15, 0.2) is 23.9 Å². The molecular formula is C8H13N. The highest BCUT2D eigenvalue weighted by molar-refractivity contribution is 5.17. The molecule has 0 amide bonds. The zero-order chi connectivity index (χ0) is 6.69. The van der Waals surface area contributed by atoms with Gasteiger partial charge in [0.25, 0.3) is 0 Å². The minimum Gasteiger partial charge on any atom is -0.399 e. The van der Waals surface area contributed by atoms with E-state index in [1.165, 1.54) is 6.42 Å². The summed E-state index contributed by atoms with van der Waals surface area (Å²) < 4.78 is 0. The molecule has 1 atom stereocenters. The Kier molecular flexibility index (Phi) is 1.93. The van der Waals surface area contributed by atoms with Crippen LogP contribution in [-0.2, 0) is 0 Å². The number of hydrogen-bond acceptors (Lipinski definition) is 1. The summed E-state index contributed by atoms with van der Waals surface area (Å²) in [5.41, 5.74) is 6.49. The van der Waals surface area contributed by atoms with Gasteiger partial charge in [-0.3, -0.25) is 0 Å². The van der Waals surface area contributed by atoms with Crippen LogP contribution in [0.3, 0.4) is 0 Å². The van der Waals surface area contributed by atoms with E-state index in [0.29, 0.717) is 5.92 Å². The molecule has 1 rings (SSSR count). The molecule has 0 saturated heterocycles. The van der Waals surface area contributed by atoms with E-state index in [9.17, 15) is 0 Å². The Morgan fingerprint density at radius 2 is 2.44 bits per heavy atom. The molecule has 0 heterocycles. The number of nitrogens with two attached hydrogens (primary N) is 1. The van der Waals surface area contributed by atoms with Crippen LogP contribution in [0.1, 0.15) is 19.8 Å². The Labute approximate surface area is 56.2 Å². The van der Waals surface area contributed by atoms with Gasteiger partial charge >= 0.3 is 0 Å². The van der Waals surface area contributed by atoms with Gasteiger partial charge in [-0.1, -0.05) is 19.1 Å². The maximum atomic E-state index is 5.57. The van der Waals surface area contributed by atoms with Gasteiger partial charge in [0.2, 0.25) is 0 Å². The molecule has 1 nitrogen and oxygen atoms in total. The van der Waals surface area contributed by atoms with Crippen molar-refractivity contribution in [2.45, 2.75) is 19.8 Å².